The Morgan fingerprint density at radius 2 is 1.80 bits per heavy atom. The molecule has 0 aliphatic heterocycles. The number of methoxy groups -OCH3 is 2. The van der Waals surface area contributed by atoms with E-state index < -0.39 is 6.10 Å². The molecule has 1 unspecified atom stereocenters. The van der Waals surface area contributed by atoms with E-state index in [1.807, 2.05) is 13.0 Å². The molecular formula is C11H15ClO3. The molecule has 1 atom stereocenters. The van der Waals surface area contributed by atoms with Gasteiger partial charge in [0.1, 0.15) is 16.5 Å². The van der Waals surface area contributed by atoms with Crippen LogP contribution >= 0.6 is 11.6 Å². The number of aliphatic hydroxyl groups excluding tert-OH is 1. The molecule has 3 nitrogen and oxygen atoms in total. The second-order valence-corrected chi connectivity index (χ2v) is 3.72. The quantitative estimate of drug-likeness (QED) is 0.868. The van der Waals surface area contributed by atoms with Crippen molar-refractivity contribution < 1.29 is 14.6 Å². The highest BCUT2D eigenvalue weighted by atomic mass is 35.5. The number of benzene rings is 1. The van der Waals surface area contributed by atoms with Gasteiger partial charge in [0.2, 0.25) is 0 Å². The largest absolute Gasteiger partial charge is 0.495 e. The van der Waals surface area contributed by atoms with E-state index in [0.717, 1.165) is 5.56 Å². The number of rotatable bonds is 3. The van der Waals surface area contributed by atoms with Crippen LogP contribution in [0.3, 0.4) is 0 Å². The lowest BCUT2D eigenvalue weighted by atomic mass is 10.1. The first-order valence-corrected chi connectivity index (χ1v) is 4.99. The summed E-state index contributed by atoms with van der Waals surface area (Å²) in [6.07, 6.45) is -0.623. The number of hydrogen-bond acceptors (Lipinski definition) is 3. The zero-order valence-corrected chi connectivity index (χ0v) is 10.1. The van der Waals surface area contributed by atoms with E-state index in [4.69, 9.17) is 21.1 Å². The van der Waals surface area contributed by atoms with E-state index in [1.165, 1.54) is 7.11 Å². The second kappa shape index (κ2) is 4.73. The maximum absolute atomic E-state index is 9.57. The second-order valence-electron chi connectivity index (χ2n) is 3.34. The Morgan fingerprint density at radius 1 is 1.27 bits per heavy atom. The fourth-order valence-corrected chi connectivity index (χ4v) is 1.95. The van der Waals surface area contributed by atoms with Gasteiger partial charge in [-0.05, 0) is 25.5 Å². The molecule has 0 saturated heterocycles. The summed E-state index contributed by atoms with van der Waals surface area (Å²) >= 11 is 6.10. The number of halogens is 1. The first kappa shape index (κ1) is 12.1. The van der Waals surface area contributed by atoms with Crippen molar-refractivity contribution >= 4 is 11.6 Å². The molecule has 1 aromatic rings. The molecule has 1 rings (SSSR count). The standard InChI is InChI=1S/C11H15ClO3/c1-6-5-8(7(2)13)11(15-4)9(12)10(6)14-3/h5,7,13H,1-4H3. The lowest BCUT2D eigenvalue weighted by molar-refractivity contribution is 0.194. The first-order chi connectivity index (χ1) is 7.02. The molecule has 0 aliphatic rings. The molecular weight excluding hydrogens is 216 g/mol. The van der Waals surface area contributed by atoms with Gasteiger partial charge in [-0.2, -0.15) is 0 Å². The molecule has 0 aliphatic carbocycles. The first-order valence-electron chi connectivity index (χ1n) is 4.62. The highest BCUT2D eigenvalue weighted by molar-refractivity contribution is 6.33. The molecule has 84 valence electrons. The fourth-order valence-electron chi connectivity index (χ4n) is 1.54. The van der Waals surface area contributed by atoms with Gasteiger partial charge < -0.3 is 14.6 Å². The SMILES string of the molecule is COc1c(C)cc(C(C)O)c(OC)c1Cl. The van der Waals surface area contributed by atoms with Crippen LogP contribution in [-0.2, 0) is 0 Å². The molecule has 0 amide bonds. The summed E-state index contributed by atoms with van der Waals surface area (Å²) in [7, 11) is 3.07. The van der Waals surface area contributed by atoms with Crippen LogP contribution in [-0.4, -0.2) is 19.3 Å². The zero-order valence-electron chi connectivity index (χ0n) is 9.30. The van der Waals surface area contributed by atoms with Gasteiger partial charge in [-0.15, -0.1) is 0 Å². The minimum atomic E-state index is -0.623. The normalized spacial score (nSPS) is 12.4. The molecule has 0 aromatic heterocycles. The minimum Gasteiger partial charge on any atom is -0.495 e. The van der Waals surface area contributed by atoms with Gasteiger partial charge >= 0.3 is 0 Å². The lowest BCUT2D eigenvalue weighted by Gasteiger charge is -2.17. The maximum Gasteiger partial charge on any atom is 0.147 e. The average molecular weight is 231 g/mol. The molecule has 4 heteroatoms. The highest BCUT2D eigenvalue weighted by Gasteiger charge is 2.18. The van der Waals surface area contributed by atoms with Crippen LogP contribution in [0, 0.1) is 6.92 Å². The maximum atomic E-state index is 9.57. The Labute approximate surface area is 94.6 Å². The molecule has 0 heterocycles. The number of aryl methyl sites for hydroxylation is 1. The number of hydrogen-bond donors (Lipinski definition) is 1. The summed E-state index contributed by atoms with van der Waals surface area (Å²) in [5, 5.41) is 9.97. The summed E-state index contributed by atoms with van der Waals surface area (Å²) in [4.78, 5) is 0. The lowest BCUT2D eigenvalue weighted by Crippen LogP contribution is -2.00. The van der Waals surface area contributed by atoms with Crippen molar-refractivity contribution in [2.24, 2.45) is 0 Å². The molecule has 0 spiro atoms. The van der Waals surface area contributed by atoms with Crippen molar-refractivity contribution in [3.05, 3.63) is 22.2 Å². The van der Waals surface area contributed by atoms with Crippen molar-refractivity contribution in [2.45, 2.75) is 20.0 Å². The van der Waals surface area contributed by atoms with E-state index >= 15 is 0 Å². The van der Waals surface area contributed by atoms with Crippen LogP contribution in [0.2, 0.25) is 5.02 Å². The monoisotopic (exact) mass is 230 g/mol. The summed E-state index contributed by atoms with van der Waals surface area (Å²) < 4.78 is 10.3. The molecule has 0 bridgehead atoms. The topological polar surface area (TPSA) is 38.7 Å². The van der Waals surface area contributed by atoms with Gasteiger partial charge in [-0.3, -0.25) is 0 Å². The summed E-state index contributed by atoms with van der Waals surface area (Å²) in [6.45, 7) is 3.54. The Morgan fingerprint density at radius 3 is 2.20 bits per heavy atom. The van der Waals surface area contributed by atoms with Crippen LogP contribution in [0.25, 0.3) is 0 Å². The van der Waals surface area contributed by atoms with Gasteiger partial charge in [0.15, 0.2) is 0 Å². The Hall–Kier alpha value is -0.930. The van der Waals surface area contributed by atoms with Gasteiger partial charge in [-0.1, -0.05) is 11.6 Å². The predicted molar refractivity (Wildman–Crippen MR) is 59.9 cm³/mol. The molecule has 1 N–H and O–H groups in total. The molecule has 0 radical (unpaired) electrons. The van der Waals surface area contributed by atoms with Crippen LogP contribution in [0.1, 0.15) is 24.2 Å². The Balaban J connectivity index is 3.44. The molecule has 1 aromatic carbocycles. The molecule has 0 fully saturated rings. The molecule has 0 saturated carbocycles. The van der Waals surface area contributed by atoms with Crippen LogP contribution in [0.4, 0.5) is 0 Å². The molecule has 15 heavy (non-hydrogen) atoms. The summed E-state index contributed by atoms with van der Waals surface area (Å²) in [6, 6.07) is 1.81. The van der Waals surface area contributed by atoms with E-state index in [1.54, 1.807) is 14.0 Å². The van der Waals surface area contributed by atoms with Crippen LogP contribution < -0.4 is 9.47 Å². The Bertz CT molecular complexity index is 361. The van der Waals surface area contributed by atoms with Crippen molar-refractivity contribution in [1.82, 2.24) is 0 Å². The highest BCUT2D eigenvalue weighted by Crippen LogP contribution is 2.41. The number of aliphatic hydroxyl groups is 1. The van der Waals surface area contributed by atoms with Gasteiger partial charge in [0, 0.05) is 5.56 Å². The third kappa shape index (κ3) is 2.19. The van der Waals surface area contributed by atoms with Gasteiger partial charge in [-0.25, -0.2) is 0 Å². The van der Waals surface area contributed by atoms with Gasteiger partial charge in [0.05, 0.1) is 20.3 Å². The van der Waals surface area contributed by atoms with Crippen LogP contribution in [0.15, 0.2) is 6.07 Å². The van der Waals surface area contributed by atoms with Crippen molar-refractivity contribution in [1.29, 1.82) is 0 Å². The fraction of sp³-hybridized carbons (Fsp3) is 0.455. The summed E-state index contributed by atoms with van der Waals surface area (Å²) in [5.41, 5.74) is 1.54. The van der Waals surface area contributed by atoms with E-state index in [0.29, 0.717) is 22.1 Å². The van der Waals surface area contributed by atoms with E-state index in [2.05, 4.69) is 0 Å². The Kier molecular flexibility index (Phi) is 3.83. The van der Waals surface area contributed by atoms with Gasteiger partial charge in [0.25, 0.3) is 0 Å². The third-order valence-electron chi connectivity index (χ3n) is 2.25. The minimum absolute atomic E-state index is 0.399. The average Bonchev–Trinajstić information content (AvgIpc) is 2.17. The number of ether oxygens (including phenoxy) is 2. The van der Waals surface area contributed by atoms with Crippen molar-refractivity contribution in [2.75, 3.05) is 14.2 Å². The third-order valence-corrected chi connectivity index (χ3v) is 2.59. The zero-order chi connectivity index (χ0) is 11.6. The van der Waals surface area contributed by atoms with E-state index in [9.17, 15) is 5.11 Å². The van der Waals surface area contributed by atoms with Crippen molar-refractivity contribution in [3.63, 3.8) is 0 Å². The smallest absolute Gasteiger partial charge is 0.147 e. The predicted octanol–water partition coefficient (Wildman–Crippen LogP) is 2.72. The van der Waals surface area contributed by atoms with Crippen LogP contribution in [0.5, 0.6) is 11.5 Å². The van der Waals surface area contributed by atoms with E-state index in [-0.39, 0.29) is 0 Å². The van der Waals surface area contributed by atoms with Crippen molar-refractivity contribution in [3.8, 4) is 11.5 Å². The summed E-state index contributed by atoms with van der Waals surface area (Å²) in [5.74, 6) is 1.05.